The van der Waals surface area contributed by atoms with Gasteiger partial charge >= 0.3 is 0 Å². The van der Waals surface area contributed by atoms with E-state index >= 15 is 0 Å². The Kier molecular flexibility index (Phi) is 6.73. The summed E-state index contributed by atoms with van der Waals surface area (Å²) in [6.45, 7) is 1.88. The first-order valence-electron chi connectivity index (χ1n) is 10.5. The van der Waals surface area contributed by atoms with Crippen LogP contribution in [-0.2, 0) is 16.0 Å². The van der Waals surface area contributed by atoms with Crippen LogP contribution in [0.1, 0.15) is 24.0 Å². The Morgan fingerprint density at radius 3 is 2.68 bits per heavy atom. The van der Waals surface area contributed by atoms with E-state index < -0.39 is 6.04 Å². The van der Waals surface area contributed by atoms with Crippen molar-refractivity contribution >= 4 is 29.5 Å². The molecular weight excluding hydrogens is 412 g/mol. The molecule has 1 fully saturated rings. The number of fused-ring (bicyclic) bond motifs is 1. The van der Waals surface area contributed by atoms with Gasteiger partial charge in [-0.15, -0.1) is 0 Å². The summed E-state index contributed by atoms with van der Waals surface area (Å²) < 4.78 is 5.72. The van der Waals surface area contributed by atoms with Crippen LogP contribution in [0.25, 0.3) is 6.08 Å². The van der Waals surface area contributed by atoms with Crippen LogP contribution in [0.5, 0.6) is 5.75 Å². The number of hydrogen-bond acceptors (Lipinski definition) is 3. The number of nitrogens with one attached hydrogen (secondary N) is 1. The number of likely N-dealkylation sites (tertiary alicyclic amines) is 1. The zero-order valence-electron chi connectivity index (χ0n) is 17.2. The number of carbonyl (C=O) groups is 2. The minimum atomic E-state index is -0.589. The maximum absolute atomic E-state index is 13.0. The quantitative estimate of drug-likeness (QED) is 0.696. The first-order chi connectivity index (χ1) is 15.1. The van der Waals surface area contributed by atoms with Gasteiger partial charge in [-0.25, -0.2) is 0 Å². The molecule has 0 bridgehead atoms. The highest BCUT2D eigenvalue weighted by atomic mass is 35.5. The van der Waals surface area contributed by atoms with Crippen LogP contribution in [-0.4, -0.2) is 42.5 Å². The van der Waals surface area contributed by atoms with Crippen LogP contribution in [0.3, 0.4) is 0 Å². The van der Waals surface area contributed by atoms with E-state index in [9.17, 15) is 9.59 Å². The highest BCUT2D eigenvalue weighted by Gasteiger charge is 2.27. The average Bonchev–Trinajstić information content (AvgIpc) is 3.32. The topological polar surface area (TPSA) is 58.6 Å². The second-order valence-corrected chi connectivity index (χ2v) is 8.24. The van der Waals surface area contributed by atoms with Crippen LogP contribution in [0.4, 0.5) is 0 Å². The van der Waals surface area contributed by atoms with Crippen molar-refractivity contribution in [3.05, 3.63) is 82.4 Å². The molecule has 160 valence electrons. The Labute approximate surface area is 187 Å². The molecule has 5 nitrogen and oxygen atoms in total. The van der Waals surface area contributed by atoms with Gasteiger partial charge in [-0.2, -0.15) is 0 Å². The summed E-state index contributed by atoms with van der Waals surface area (Å²) in [5.41, 5.74) is 2.75. The average molecular weight is 437 g/mol. The van der Waals surface area contributed by atoms with Gasteiger partial charge in [0, 0.05) is 36.2 Å². The second kappa shape index (κ2) is 9.84. The fourth-order valence-electron chi connectivity index (χ4n) is 3.87. The first-order valence-corrected chi connectivity index (χ1v) is 10.9. The number of benzene rings is 2. The van der Waals surface area contributed by atoms with Crippen molar-refractivity contribution in [2.75, 3.05) is 19.7 Å². The smallest absolute Gasteiger partial charge is 0.245 e. The lowest BCUT2D eigenvalue weighted by Crippen LogP contribution is -2.48. The second-order valence-electron chi connectivity index (χ2n) is 7.81. The summed E-state index contributed by atoms with van der Waals surface area (Å²) in [7, 11) is 0. The van der Waals surface area contributed by atoms with Crippen molar-refractivity contribution < 1.29 is 14.3 Å². The van der Waals surface area contributed by atoms with Gasteiger partial charge in [0.05, 0.1) is 0 Å². The van der Waals surface area contributed by atoms with Crippen molar-refractivity contribution in [1.82, 2.24) is 10.2 Å². The Bertz CT molecular complexity index is 1010. The largest absolute Gasteiger partial charge is 0.488 e. The highest BCUT2D eigenvalue weighted by Crippen LogP contribution is 2.29. The summed E-state index contributed by atoms with van der Waals surface area (Å²) in [6.07, 6.45) is 7.62. The van der Waals surface area contributed by atoms with Crippen molar-refractivity contribution in [2.45, 2.75) is 25.3 Å². The molecule has 6 heteroatoms. The molecule has 0 radical (unpaired) electrons. The van der Waals surface area contributed by atoms with Gasteiger partial charge in [0.2, 0.25) is 11.8 Å². The molecular formula is C25H25ClN2O3. The van der Waals surface area contributed by atoms with Gasteiger partial charge in [-0.05, 0) is 48.3 Å². The van der Waals surface area contributed by atoms with E-state index in [4.69, 9.17) is 16.3 Å². The van der Waals surface area contributed by atoms with E-state index in [2.05, 4.69) is 5.32 Å². The SMILES string of the molecule is O=C(/C=C/C1=Cc2cc(Cl)ccc2OC1)NC(Cc1ccccc1)C(=O)N1CCCC1. The standard InChI is InChI=1S/C25H25ClN2O3/c26-21-9-10-23-20(16-21)14-19(17-31-23)8-11-24(29)27-22(15-18-6-2-1-3-7-18)25(30)28-12-4-5-13-28/h1-3,6-11,14,16,22H,4-5,12-13,15,17H2,(H,27,29)/b11-8+. The van der Waals surface area contributed by atoms with Crippen molar-refractivity contribution in [3.8, 4) is 5.75 Å². The van der Waals surface area contributed by atoms with Crippen LogP contribution in [0.2, 0.25) is 5.02 Å². The van der Waals surface area contributed by atoms with Crippen LogP contribution < -0.4 is 10.1 Å². The third-order valence-electron chi connectivity index (χ3n) is 5.47. The molecule has 1 unspecified atom stereocenters. The van der Waals surface area contributed by atoms with E-state index in [1.807, 2.05) is 53.4 Å². The molecule has 0 aromatic heterocycles. The summed E-state index contributed by atoms with van der Waals surface area (Å²) in [5, 5.41) is 3.53. The lowest BCUT2D eigenvalue weighted by atomic mass is 10.0. The Morgan fingerprint density at radius 1 is 1.13 bits per heavy atom. The third kappa shape index (κ3) is 5.56. The molecule has 2 aliphatic heterocycles. The molecule has 2 aromatic carbocycles. The normalized spacial score (nSPS) is 16.4. The molecule has 0 spiro atoms. The Balaban J connectivity index is 1.44. The zero-order chi connectivity index (χ0) is 21.6. The molecule has 0 saturated carbocycles. The number of halogens is 1. The lowest BCUT2D eigenvalue weighted by Gasteiger charge is -2.24. The van der Waals surface area contributed by atoms with E-state index in [1.54, 1.807) is 12.1 Å². The Hall–Kier alpha value is -3.05. The fraction of sp³-hybridized carbons (Fsp3) is 0.280. The molecule has 1 N–H and O–H groups in total. The van der Waals surface area contributed by atoms with Gasteiger partial charge in [-0.1, -0.05) is 48.0 Å². The fourth-order valence-corrected chi connectivity index (χ4v) is 4.05. The van der Waals surface area contributed by atoms with Gasteiger partial charge in [-0.3, -0.25) is 9.59 Å². The van der Waals surface area contributed by atoms with E-state index in [-0.39, 0.29) is 11.8 Å². The molecule has 2 aliphatic rings. The summed E-state index contributed by atoms with van der Waals surface area (Å²) in [5.74, 6) is 0.447. The van der Waals surface area contributed by atoms with Crippen LogP contribution >= 0.6 is 11.6 Å². The minimum Gasteiger partial charge on any atom is -0.488 e. The van der Waals surface area contributed by atoms with Crippen molar-refractivity contribution in [1.29, 1.82) is 0 Å². The molecule has 4 rings (SSSR count). The lowest BCUT2D eigenvalue weighted by molar-refractivity contribution is -0.134. The number of rotatable bonds is 6. The monoisotopic (exact) mass is 436 g/mol. The molecule has 1 saturated heterocycles. The Morgan fingerprint density at radius 2 is 1.90 bits per heavy atom. The summed E-state index contributed by atoms with van der Waals surface area (Å²) in [4.78, 5) is 27.5. The number of hydrogen-bond donors (Lipinski definition) is 1. The number of amides is 2. The van der Waals surface area contributed by atoms with Crippen LogP contribution in [0, 0.1) is 0 Å². The molecule has 31 heavy (non-hydrogen) atoms. The predicted molar refractivity (Wildman–Crippen MR) is 122 cm³/mol. The van der Waals surface area contributed by atoms with Crippen molar-refractivity contribution in [3.63, 3.8) is 0 Å². The summed E-state index contributed by atoms with van der Waals surface area (Å²) in [6, 6.07) is 14.6. The minimum absolute atomic E-state index is 0.0214. The molecule has 0 aliphatic carbocycles. The number of carbonyl (C=O) groups excluding carboxylic acids is 2. The molecule has 1 atom stereocenters. The number of ether oxygens (including phenoxy) is 1. The van der Waals surface area contributed by atoms with E-state index in [1.165, 1.54) is 6.08 Å². The summed E-state index contributed by atoms with van der Waals surface area (Å²) >= 11 is 6.06. The van der Waals surface area contributed by atoms with E-state index in [0.717, 1.165) is 48.4 Å². The van der Waals surface area contributed by atoms with E-state index in [0.29, 0.717) is 18.1 Å². The maximum Gasteiger partial charge on any atom is 0.245 e. The van der Waals surface area contributed by atoms with Gasteiger partial charge in [0.15, 0.2) is 0 Å². The third-order valence-corrected chi connectivity index (χ3v) is 5.71. The zero-order valence-corrected chi connectivity index (χ0v) is 18.0. The number of nitrogens with zero attached hydrogens (tertiary/aromatic N) is 1. The van der Waals surface area contributed by atoms with Gasteiger partial charge in [0.25, 0.3) is 0 Å². The molecule has 2 amide bonds. The van der Waals surface area contributed by atoms with Crippen LogP contribution in [0.15, 0.2) is 66.3 Å². The maximum atomic E-state index is 13.0. The predicted octanol–water partition coefficient (Wildman–Crippen LogP) is 4.02. The molecule has 2 aromatic rings. The van der Waals surface area contributed by atoms with Gasteiger partial charge in [0.1, 0.15) is 18.4 Å². The molecule has 2 heterocycles. The highest BCUT2D eigenvalue weighted by molar-refractivity contribution is 6.30. The first kappa shape index (κ1) is 21.2. The van der Waals surface area contributed by atoms with Crippen molar-refractivity contribution in [2.24, 2.45) is 0 Å². The van der Waals surface area contributed by atoms with Gasteiger partial charge < -0.3 is 15.0 Å².